The zero-order valence-electron chi connectivity index (χ0n) is 19.6. The Balaban J connectivity index is 1.48. The monoisotopic (exact) mass is 536 g/mol. The molecule has 37 heavy (non-hydrogen) atoms. The third-order valence-corrected chi connectivity index (χ3v) is 6.69. The standard InChI is InChI=1S/C27H21ClN2O6S/c1-2-30-24(31)23(37-27(30)29-20-10-8-19(9-11-20)26(34)35)14-17-5-12-22(21(28)13-17)36-15-16-3-6-18(7-4-16)25(32)33/h3-14H,2,15H2,1H3,(H,32,33)(H,34,35)/b23-14-,29-27?. The van der Waals surface area contributed by atoms with Crippen LogP contribution in [0.3, 0.4) is 0 Å². The molecule has 188 valence electrons. The number of carbonyl (C=O) groups is 3. The number of hydrogen-bond acceptors (Lipinski definition) is 6. The molecule has 10 heteroatoms. The summed E-state index contributed by atoms with van der Waals surface area (Å²) in [6.45, 7) is 2.49. The smallest absolute Gasteiger partial charge is 0.335 e. The summed E-state index contributed by atoms with van der Waals surface area (Å²) in [6.07, 6.45) is 1.73. The van der Waals surface area contributed by atoms with Crippen LogP contribution in [0.4, 0.5) is 5.69 Å². The highest BCUT2D eigenvalue weighted by Gasteiger charge is 2.32. The quantitative estimate of drug-likeness (QED) is 0.342. The maximum atomic E-state index is 12.9. The van der Waals surface area contributed by atoms with Crippen LogP contribution in [-0.4, -0.2) is 44.7 Å². The van der Waals surface area contributed by atoms with Crippen molar-refractivity contribution in [3.63, 3.8) is 0 Å². The van der Waals surface area contributed by atoms with E-state index in [1.807, 2.05) is 6.92 Å². The molecular weight excluding hydrogens is 516 g/mol. The van der Waals surface area contributed by atoms with E-state index in [9.17, 15) is 14.4 Å². The normalized spacial score (nSPS) is 15.4. The molecule has 8 nitrogen and oxygen atoms in total. The van der Waals surface area contributed by atoms with Gasteiger partial charge in [0.25, 0.3) is 5.91 Å². The molecule has 1 aliphatic heterocycles. The highest BCUT2D eigenvalue weighted by atomic mass is 35.5. The number of carboxylic acids is 2. The van der Waals surface area contributed by atoms with Crippen LogP contribution in [0.1, 0.15) is 38.8 Å². The van der Waals surface area contributed by atoms with Crippen molar-refractivity contribution in [1.29, 1.82) is 0 Å². The zero-order valence-corrected chi connectivity index (χ0v) is 21.1. The molecule has 0 aromatic heterocycles. The molecule has 0 saturated carbocycles. The van der Waals surface area contributed by atoms with E-state index in [0.717, 1.165) is 5.56 Å². The summed E-state index contributed by atoms with van der Waals surface area (Å²) in [5, 5.41) is 18.9. The second-order valence-corrected chi connectivity index (χ2v) is 9.30. The van der Waals surface area contributed by atoms with Crippen molar-refractivity contribution in [3.8, 4) is 5.75 Å². The van der Waals surface area contributed by atoms with E-state index in [1.54, 1.807) is 53.4 Å². The lowest BCUT2D eigenvalue weighted by Gasteiger charge is -2.12. The van der Waals surface area contributed by atoms with Crippen molar-refractivity contribution < 1.29 is 29.3 Å². The van der Waals surface area contributed by atoms with Gasteiger partial charge >= 0.3 is 11.9 Å². The topological polar surface area (TPSA) is 117 Å². The molecule has 1 fully saturated rings. The molecule has 1 amide bonds. The van der Waals surface area contributed by atoms with E-state index < -0.39 is 11.9 Å². The highest BCUT2D eigenvalue weighted by molar-refractivity contribution is 8.18. The molecule has 0 bridgehead atoms. The van der Waals surface area contributed by atoms with Gasteiger partial charge in [0.1, 0.15) is 12.4 Å². The first kappa shape index (κ1) is 26.0. The summed E-state index contributed by atoms with van der Waals surface area (Å²) < 4.78 is 5.77. The van der Waals surface area contributed by atoms with Crippen LogP contribution in [0, 0.1) is 0 Å². The van der Waals surface area contributed by atoms with E-state index >= 15 is 0 Å². The number of amides is 1. The van der Waals surface area contributed by atoms with Crippen molar-refractivity contribution in [2.75, 3.05) is 6.54 Å². The molecule has 3 aromatic carbocycles. The van der Waals surface area contributed by atoms with Gasteiger partial charge in [-0.2, -0.15) is 0 Å². The minimum Gasteiger partial charge on any atom is -0.487 e. The number of carbonyl (C=O) groups excluding carboxylic acids is 1. The SMILES string of the molecule is CCN1C(=O)/C(=C/c2ccc(OCc3ccc(C(=O)O)cc3)c(Cl)c2)SC1=Nc1ccc(C(=O)O)cc1. The summed E-state index contributed by atoms with van der Waals surface area (Å²) in [7, 11) is 0. The molecule has 0 atom stereocenters. The Hall–Kier alpha value is -4.08. The number of nitrogens with zero attached hydrogens (tertiary/aromatic N) is 2. The summed E-state index contributed by atoms with van der Waals surface area (Å²) >= 11 is 7.64. The molecule has 3 aromatic rings. The lowest BCUT2D eigenvalue weighted by atomic mass is 10.1. The fraction of sp³-hybridized carbons (Fsp3) is 0.111. The second-order valence-electron chi connectivity index (χ2n) is 7.89. The molecule has 0 unspecified atom stereocenters. The fourth-order valence-electron chi connectivity index (χ4n) is 3.44. The number of aliphatic imine (C=N–C) groups is 1. The second kappa shape index (κ2) is 11.3. The van der Waals surface area contributed by atoms with Crippen LogP contribution in [-0.2, 0) is 11.4 Å². The van der Waals surface area contributed by atoms with Gasteiger partial charge in [-0.3, -0.25) is 9.69 Å². The Labute approximate surface area is 221 Å². The third-order valence-electron chi connectivity index (χ3n) is 5.39. The number of amidine groups is 1. The van der Waals surface area contributed by atoms with Crippen molar-refractivity contribution in [2.24, 2.45) is 4.99 Å². The number of carboxylic acid groups (broad SMARTS) is 2. The Morgan fingerprint density at radius 3 is 2.19 bits per heavy atom. The summed E-state index contributed by atoms with van der Waals surface area (Å²) in [4.78, 5) is 41.5. The van der Waals surface area contributed by atoms with Crippen LogP contribution in [0.2, 0.25) is 5.02 Å². The Morgan fingerprint density at radius 1 is 1.00 bits per heavy atom. The molecule has 4 rings (SSSR count). The molecular formula is C27H21ClN2O6S. The van der Waals surface area contributed by atoms with Crippen LogP contribution in [0.15, 0.2) is 76.6 Å². The minimum atomic E-state index is -1.02. The number of ether oxygens (including phenoxy) is 1. The number of likely N-dealkylation sites (N-methyl/N-ethyl adjacent to an activating group) is 1. The molecule has 0 aliphatic carbocycles. The van der Waals surface area contributed by atoms with Crippen LogP contribution in [0.5, 0.6) is 5.75 Å². The van der Waals surface area contributed by atoms with E-state index in [1.165, 1.54) is 36.0 Å². The van der Waals surface area contributed by atoms with E-state index in [-0.39, 0.29) is 23.6 Å². The van der Waals surface area contributed by atoms with E-state index in [0.29, 0.717) is 38.6 Å². The maximum absolute atomic E-state index is 12.9. The van der Waals surface area contributed by atoms with Crippen molar-refractivity contribution >= 4 is 58.1 Å². The largest absolute Gasteiger partial charge is 0.487 e. The first-order valence-electron chi connectivity index (χ1n) is 11.1. The van der Waals surface area contributed by atoms with Gasteiger partial charge in [0.15, 0.2) is 5.17 Å². The average Bonchev–Trinajstić information content (AvgIpc) is 3.17. The van der Waals surface area contributed by atoms with Crippen molar-refractivity contribution in [2.45, 2.75) is 13.5 Å². The van der Waals surface area contributed by atoms with Gasteiger partial charge < -0.3 is 14.9 Å². The van der Waals surface area contributed by atoms with Gasteiger partial charge in [0, 0.05) is 6.54 Å². The first-order valence-corrected chi connectivity index (χ1v) is 12.3. The van der Waals surface area contributed by atoms with Gasteiger partial charge in [0.05, 0.1) is 26.7 Å². The van der Waals surface area contributed by atoms with Gasteiger partial charge in [-0.05, 0) is 84.4 Å². The maximum Gasteiger partial charge on any atom is 0.335 e. The first-order chi connectivity index (χ1) is 17.7. The van der Waals surface area contributed by atoms with Gasteiger partial charge in [0.2, 0.25) is 0 Å². The number of benzene rings is 3. The number of halogens is 1. The zero-order chi connectivity index (χ0) is 26.5. The number of aromatic carboxylic acids is 2. The minimum absolute atomic E-state index is 0.160. The summed E-state index contributed by atoms with van der Waals surface area (Å²) in [5.74, 6) is -1.74. The number of thioether (sulfide) groups is 1. The lowest BCUT2D eigenvalue weighted by Crippen LogP contribution is -2.28. The summed E-state index contributed by atoms with van der Waals surface area (Å²) in [5.41, 5.74) is 2.41. The fourth-order valence-corrected chi connectivity index (χ4v) is 4.75. The Bertz CT molecular complexity index is 1420. The Kier molecular flexibility index (Phi) is 7.95. The predicted octanol–water partition coefficient (Wildman–Crippen LogP) is 5.94. The van der Waals surface area contributed by atoms with Crippen LogP contribution >= 0.6 is 23.4 Å². The van der Waals surface area contributed by atoms with Crippen LogP contribution in [0.25, 0.3) is 6.08 Å². The van der Waals surface area contributed by atoms with E-state index in [2.05, 4.69) is 4.99 Å². The van der Waals surface area contributed by atoms with Gasteiger partial charge in [-0.1, -0.05) is 29.8 Å². The third kappa shape index (κ3) is 6.19. The molecule has 0 spiro atoms. The van der Waals surface area contributed by atoms with Gasteiger partial charge in [-0.25, -0.2) is 14.6 Å². The number of rotatable bonds is 8. The van der Waals surface area contributed by atoms with Crippen LogP contribution < -0.4 is 4.74 Å². The number of hydrogen-bond donors (Lipinski definition) is 2. The molecule has 1 heterocycles. The lowest BCUT2D eigenvalue weighted by molar-refractivity contribution is -0.122. The van der Waals surface area contributed by atoms with Gasteiger partial charge in [-0.15, -0.1) is 0 Å². The molecule has 0 radical (unpaired) electrons. The van der Waals surface area contributed by atoms with E-state index in [4.69, 9.17) is 26.6 Å². The molecule has 2 N–H and O–H groups in total. The molecule has 1 saturated heterocycles. The highest BCUT2D eigenvalue weighted by Crippen LogP contribution is 2.35. The predicted molar refractivity (Wildman–Crippen MR) is 143 cm³/mol. The average molecular weight is 537 g/mol. The summed E-state index contributed by atoms with van der Waals surface area (Å²) in [6, 6.07) is 17.7. The Morgan fingerprint density at radius 2 is 1.62 bits per heavy atom. The molecule has 1 aliphatic rings. The van der Waals surface area contributed by atoms with Crippen molar-refractivity contribution in [3.05, 3.63) is 98.9 Å². The van der Waals surface area contributed by atoms with Crippen molar-refractivity contribution in [1.82, 2.24) is 4.90 Å².